The van der Waals surface area contributed by atoms with Crippen LogP contribution in [0.15, 0.2) is 67.0 Å². The van der Waals surface area contributed by atoms with Crippen LogP contribution >= 0.6 is 0 Å². The second-order valence-corrected chi connectivity index (χ2v) is 4.85. The third-order valence-electron chi connectivity index (χ3n) is 3.39. The lowest BCUT2D eigenvalue weighted by Gasteiger charge is -2.21. The number of pyridine rings is 3. The Labute approximate surface area is 129 Å². The van der Waals surface area contributed by atoms with Crippen LogP contribution in [-0.4, -0.2) is 29.0 Å². The second-order valence-electron chi connectivity index (χ2n) is 4.85. The Morgan fingerprint density at radius 2 is 1.05 bits per heavy atom. The van der Waals surface area contributed by atoms with Crippen molar-refractivity contribution in [3.8, 4) is 0 Å². The Hall–Kier alpha value is -2.95. The Morgan fingerprint density at radius 1 is 0.591 bits per heavy atom. The molecule has 0 aliphatic rings. The fourth-order valence-corrected chi connectivity index (χ4v) is 2.12. The zero-order chi connectivity index (χ0) is 15.4. The minimum atomic E-state index is 0.832. The average molecular weight is 291 g/mol. The summed E-state index contributed by atoms with van der Waals surface area (Å²) in [5.74, 6) is 3.37. The molecule has 0 N–H and O–H groups in total. The number of rotatable bonds is 4. The number of hydrogen-bond acceptors (Lipinski definition) is 5. The molecule has 3 aromatic rings. The maximum absolute atomic E-state index is 4.70. The number of anilines is 4. The minimum Gasteiger partial charge on any atom is -0.314 e. The van der Waals surface area contributed by atoms with Crippen molar-refractivity contribution in [2.75, 3.05) is 23.9 Å². The molecular formula is C17H17N5. The number of aromatic nitrogens is 3. The van der Waals surface area contributed by atoms with E-state index >= 15 is 0 Å². The summed E-state index contributed by atoms with van der Waals surface area (Å²) in [6, 6.07) is 17.5. The topological polar surface area (TPSA) is 45.2 Å². The quantitative estimate of drug-likeness (QED) is 0.737. The van der Waals surface area contributed by atoms with Gasteiger partial charge in [-0.3, -0.25) is 0 Å². The third-order valence-corrected chi connectivity index (χ3v) is 3.39. The van der Waals surface area contributed by atoms with E-state index in [9.17, 15) is 0 Å². The smallest absolute Gasteiger partial charge is 0.136 e. The van der Waals surface area contributed by atoms with E-state index in [0.29, 0.717) is 0 Å². The molecule has 0 radical (unpaired) electrons. The highest BCUT2D eigenvalue weighted by atomic mass is 15.3. The molecule has 5 heteroatoms. The van der Waals surface area contributed by atoms with Gasteiger partial charge in [0.1, 0.15) is 23.3 Å². The summed E-state index contributed by atoms with van der Waals surface area (Å²) < 4.78 is 0. The molecule has 5 nitrogen and oxygen atoms in total. The summed E-state index contributed by atoms with van der Waals surface area (Å²) in [5.41, 5.74) is 0. The molecule has 0 spiro atoms. The van der Waals surface area contributed by atoms with Gasteiger partial charge in [0.05, 0.1) is 0 Å². The van der Waals surface area contributed by atoms with Crippen molar-refractivity contribution in [1.29, 1.82) is 0 Å². The minimum absolute atomic E-state index is 0.832. The van der Waals surface area contributed by atoms with E-state index in [-0.39, 0.29) is 0 Å². The molecule has 3 aromatic heterocycles. The molecule has 0 fully saturated rings. The van der Waals surface area contributed by atoms with Gasteiger partial charge >= 0.3 is 0 Å². The van der Waals surface area contributed by atoms with Crippen molar-refractivity contribution >= 4 is 23.3 Å². The second kappa shape index (κ2) is 6.22. The van der Waals surface area contributed by atoms with Crippen molar-refractivity contribution in [3.05, 3.63) is 67.0 Å². The van der Waals surface area contributed by atoms with Gasteiger partial charge in [-0.05, 0) is 36.4 Å². The van der Waals surface area contributed by atoms with Crippen LogP contribution in [0.1, 0.15) is 0 Å². The monoisotopic (exact) mass is 291 g/mol. The first-order valence-corrected chi connectivity index (χ1v) is 7.02. The Kier molecular flexibility index (Phi) is 3.96. The summed E-state index contributed by atoms with van der Waals surface area (Å²) in [5, 5.41) is 0. The highest BCUT2D eigenvalue weighted by Crippen LogP contribution is 2.24. The van der Waals surface area contributed by atoms with Crippen LogP contribution in [0, 0.1) is 0 Å². The zero-order valence-electron chi connectivity index (χ0n) is 12.6. The van der Waals surface area contributed by atoms with Crippen LogP contribution < -0.4 is 9.80 Å². The fourth-order valence-electron chi connectivity index (χ4n) is 2.12. The van der Waals surface area contributed by atoms with Gasteiger partial charge in [0.15, 0.2) is 0 Å². The van der Waals surface area contributed by atoms with E-state index in [0.717, 1.165) is 23.3 Å². The molecule has 3 rings (SSSR count). The number of hydrogen-bond donors (Lipinski definition) is 0. The summed E-state index contributed by atoms with van der Waals surface area (Å²) in [6.45, 7) is 0. The summed E-state index contributed by atoms with van der Waals surface area (Å²) in [6.07, 6.45) is 3.55. The van der Waals surface area contributed by atoms with Crippen LogP contribution in [0.5, 0.6) is 0 Å². The predicted octanol–water partition coefficient (Wildman–Crippen LogP) is 3.41. The molecule has 0 aliphatic heterocycles. The molecule has 22 heavy (non-hydrogen) atoms. The van der Waals surface area contributed by atoms with Gasteiger partial charge in [-0.25, -0.2) is 15.0 Å². The van der Waals surface area contributed by atoms with Gasteiger partial charge in [-0.2, -0.15) is 0 Å². The van der Waals surface area contributed by atoms with Crippen LogP contribution in [-0.2, 0) is 0 Å². The molecule has 110 valence electrons. The Bertz CT molecular complexity index is 670. The summed E-state index contributed by atoms with van der Waals surface area (Å²) in [4.78, 5) is 17.3. The lowest BCUT2D eigenvalue weighted by Crippen LogP contribution is -2.16. The lowest BCUT2D eigenvalue weighted by molar-refractivity contribution is 1.04. The van der Waals surface area contributed by atoms with E-state index in [1.54, 1.807) is 12.4 Å². The van der Waals surface area contributed by atoms with Gasteiger partial charge in [0.2, 0.25) is 0 Å². The molecule has 0 amide bonds. The summed E-state index contributed by atoms with van der Waals surface area (Å²) in [7, 11) is 3.91. The molecular weight excluding hydrogens is 274 g/mol. The van der Waals surface area contributed by atoms with Crippen molar-refractivity contribution in [2.45, 2.75) is 0 Å². The SMILES string of the molecule is CN(c1ccccn1)c1cccc(N(C)c2ccccn2)n1. The van der Waals surface area contributed by atoms with E-state index in [1.807, 2.05) is 78.5 Å². The van der Waals surface area contributed by atoms with Crippen LogP contribution in [0.3, 0.4) is 0 Å². The average Bonchev–Trinajstić information content (AvgIpc) is 2.62. The zero-order valence-corrected chi connectivity index (χ0v) is 12.6. The molecule has 0 aromatic carbocycles. The normalized spacial score (nSPS) is 10.3. The molecule has 0 bridgehead atoms. The maximum atomic E-state index is 4.70. The van der Waals surface area contributed by atoms with Gasteiger partial charge < -0.3 is 9.80 Å². The molecule has 0 aliphatic carbocycles. The Morgan fingerprint density at radius 3 is 1.45 bits per heavy atom. The molecule has 0 saturated heterocycles. The van der Waals surface area contributed by atoms with Gasteiger partial charge in [0, 0.05) is 26.5 Å². The van der Waals surface area contributed by atoms with Crippen molar-refractivity contribution < 1.29 is 0 Å². The van der Waals surface area contributed by atoms with E-state index < -0.39 is 0 Å². The van der Waals surface area contributed by atoms with Crippen molar-refractivity contribution in [2.24, 2.45) is 0 Å². The molecule has 0 atom stereocenters. The van der Waals surface area contributed by atoms with Gasteiger partial charge in [-0.1, -0.05) is 18.2 Å². The first-order chi connectivity index (χ1) is 10.8. The predicted molar refractivity (Wildman–Crippen MR) is 88.8 cm³/mol. The summed E-state index contributed by atoms with van der Waals surface area (Å²) >= 11 is 0. The van der Waals surface area contributed by atoms with E-state index in [2.05, 4.69) is 9.97 Å². The molecule has 0 saturated carbocycles. The first kappa shape index (κ1) is 14.0. The van der Waals surface area contributed by atoms with E-state index in [4.69, 9.17) is 4.98 Å². The van der Waals surface area contributed by atoms with Crippen LogP contribution in [0.25, 0.3) is 0 Å². The fraction of sp³-hybridized carbons (Fsp3) is 0.118. The first-order valence-electron chi connectivity index (χ1n) is 7.02. The standard InChI is InChI=1S/C17H17N5/c1-21(14-8-3-5-12-18-14)16-10-7-11-17(20-16)22(2)15-9-4-6-13-19-15/h3-13H,1-2H3. The van der Waals surface area contributed by atoms with Gasteiger partial charge in [0.25, 0.3) is 0 Å². The molecule has 3 heterocycles. The van der Waals surface area contributed by atoms with E-state index in [1.165, 1.54) is 0 Å². The lowest BCUT2D eigenvalue weighted by atomic mass is 10.3. The molecule has 0 unspecified atom stereocenters. The largest absolute Gasteiger partial charge is 0.314 e. The van der Waals surface area contributed by atoms with Crippen LogP contribution in [0.2, 0.25) is 0 Å². The van der Waals surface area contributed by atoms with Crippen molar-refractivity contribution in [1.82, 2.24) is 15.0 Å². The van der Waals surface area contributed by atoms with Crippen LogP contribution in [0.4, 0.5) is 23.3 Å². The maximum Gasteiger partial charge on any atom is 0.136 e. The highest BCUT2D eigenvalue weighted by Gasteiger charge is 2.10. The highest BCUT2D eigenvalue weighted by molar-refractivity contribution is 5.61. The van der Waals surface area contributed by atoms with Gasteiger partial charge in [-0.15, -0.1) is 0 Å². The number of nitrogens with zero attached hydrogens (tertiary/aromatic N) is 5. The Balaban J connectivity index is 1.90. The third kappa shape index (κ3) is 2.88. The van der Waals surface area contributed by atoms with Crippen molar-refractivity contribution in [3.63, 3.8) is 0 Å².